The minimum atomic E-state index is -3.39. The van der Waals surface area contributed by atoms with Crippen LogP contribution in [0.1, 0.15) is 23.8 Å². The predicted octanol–water partition coefficient (Wildman–Crippen LogP) is 3.66. The van der Waals surface area contributed by atoms with Crippen LogP contribution in [0.2, 0.25) is 0 Å². The summed E-state index contributed by atoms with van der Waals surface area (Å²) < 4.78 is 27.3. The lowest BCUT2D eigenvalue weighted by Crippen LogP contribution is -2.30. The van der Waals surface area contributed by atoms with Crippen LogP contribution < -0.4 is 0 Å². The quantitative estimate of drug-likeness (QED) is 0.816. The van der Waals surface area contributed by atoms with Crippen LogP contribution in [0.5, 0.6) is 0 Å². The highest BCUT2D eigenvalue weighted by molar-refractivity contribution is 7.91. The van der Waals surface area contributed by atoms with E-state index in [1.807, 2.05) is 50.2 Å². The van der Waals surface area contributed by atoms with Crippen molar-refractivity contribution in [1.82, 2.24) is 4.31 Å². The Kier molecular flexibility index (Phi) is 4.96. The first-order valence-corrected chi connectivity index (χ1v) is 8.90. The Labute approximate surface area is 124 Å². The van der Waals surface area contributed by atoms with Gasteiger partial charge in [-0.1, -0.05) is 37.3 Å². The maximum atomic E-state index is 12.7. The third-order valence-corrected chi connectivity index (χ3v) is 6.30. The van der Waals surface area contributed by atoms with E-state index in [-0.39, 0.29) is 0 Å². The minimum Gasteiger partial charge on any atom is -0.206 e. The number of hydrogen-bond acceptors (Lipinski definition) is 3. The van der Waals surface area contributed by atoms with Gasteiger partial charge in [0.1, 0.15) is 4.21 Å². The Morgan fingerprint density at radius 1 is 1.10 bits per heavy atom. The van der Waals surface area contributed by atoms with E-state index in [1.165, 1.54) is 11.3 Å². The number of sulfonamides is 1. The van der Waals surface area contributed by atoms with Crippen molar-refractivity contribution < 1.29 is 8.42 Å². The Morgan fingerprint density at radius 3 is 2.35 bits per heavy atom. The predicted molar refractivity (Wildman–Crippen MR) is 83.4 cm³/mol. The molecule has 0 aliphatic carbocycles. The summed E-state index contributed by atoms with van der Waals surface area (Å²) in [6, 6.07) is 13.3. The van der Waals surface area contributed by atoms with Crippen molar-refractivity contribution in [2.45, 2.75) is 31.0 Å². The molecular formula is C15H19NO2S2. The molecule has 0 aliphatic rings. The van der Waals surface area contributed by atoms with Gasteiger partial charge in [0.25, 0.3) is 10.0 Å². The number of nitrogens with zero attached hydrogens (tertiary/aromatic N) is 1. The van der Waals surface area contributed by atoms with Crippen molar-refractivity contribution in [1.29, 1.82) is 0 Å². The molecule has 0 saturated carbocycles. The zero-order valence-electron chi connectivity index (χ0n) is 11.7. The fourth-order valence-electron chi connectivity index (χ4n) is 2.00. The number of thiophene rings is 1. The van der Waals surface area contributed by atoms with E-state index in [9.17, 15) is 8.42 Å². The summed E-state index contributed by atoms with van der Waals surface area (Å²) in [5, 5.41) is 0. The zero-order chi connectivity index (χ0) is 14.6. The Balaban J connectivity index is 2.28. The van der Waals surface area contributed by atoms with Gasteiger partial charge in [-0.25, -0.2) is 8.42 Å². The highest BCUT2D eigenvalue weighted by Crippen LogP contribution is 2.25. The zero-order valence-corrected chi connectivity index (χ0v) is 13.4. The number of rotatable bonds is 6. The van der Waals surface area contributed by atoms with Crippen molar-refractivity contribution in [3.63, 3.8) is 0 Å². The molecule has 108 valence electrons. The van der Waals surface area contributed by atoms with Gasteiger partial charge in [0.15, 0.2) is 0 Å². The van der Waals surface area contributed by atoms with Crippen molar-refractivity contribution in [2.75, 3.05) is 6.54 Å². The van der Waals surface area contributed by atoms with Crippen LogP contribution in [0.15, 0.2) is 46.7 Å². The number of aryl methyl sites for hydroxylation is 1. The van der Waals surface area contributed by atoms with Gasteiger partial charge in [0, 0.05) is 18.0 Å². The van der Waals surface area contributed by atoms with Crippen LogP contribution in [-0.4, -0.2) is 19.3 Å². The van der Waals surface area contributed by atoms with E-state index in [4.69, 9.17) is 0 Å². The van der Waals surface area contributed by atoms with E-state index in [0.29, 0.717) is 17.3 Å². The first-order valence-electron chi connectivity index (χ1n) is 6.64. The second-order valence-corrected chi connectivity index (χ2v) is 8.14. The van der Waals surface area contributed by atoms with Gasteiger partial charge in [-0.15, -0.1) is 11.3 Å². The summed E-state index contributed by atoms with van der Waals surface area (Å²) in [5.41, 5.74) is 1.01. The number of hydrogen-bond donors (Lipinski definition) is 0. The molecule has 0 fully saturated rings. The summed E-state index contributed by atoms with van der Waals surface area (Å²) in [4.78, 5) is 1.01. The molecule has 5 heteroatoms. The summed E-state index contributed by atoms with van der Waals surface area (Å²) in [5.74, 6) is 0. The van der Waals surface area contributed by atoms with Gasteiger partial charge in [-0.05, 0) is 31.0 Å². The smallest absolute Gasteiger partial charge is 0.206 e. The molecule has 1 heterocycles. The lowest BCUT2D eigenvalue weighted by atomic mass is 10.2. The van der Waals surface area contributed by atoms with Gasteiger partial charge in [-0.3, -0.25) is 0 Å². The van der Waals surface area contributed by atoms with Crippen LogP contribution in [0.3, 0.4) is 0 Å². The van der Waals surface area contributed by atoms with E-state index < -0.39 is 10.0 Å². The normalized spacial score (nSPS) is 11.9. The van der Waals surface area contributed by atoms with Crippen LogP contribution in [0.4, 0.5) is 0 Å². The molecule has 0 aliphatic heterocycles. The topological polar surface area (TPSA) is 37.4 Å². The fourth-order valence-corrected chi connectivity index (χ4v) is 4.96. The molecule has 0 unspecified atom stereocenters. The average Bonchev–Trinajstić information content (AvgIpc) is 2.87. The molecule has 0 bridgehead atoms. The molecule has 3 nitrogen and oxygen atoms in total. The monoisotopic (exact) mass is 309 g/mol. The Morgan fingerprint density at radius 2 is 1.80 bits per heavy atom. The van der Waals surface area contributed by atoms with E-state index >= 15 is 0 Å². The summed E-state index contributed by atoms with van der Waals surface area (Å²) in [7, 11) is -3.39. The van der Waals surface area contributed by atoms with Crippen LogP contribution in [0.25, 0.3) is 0 Å². The molecule has 0 radical (unpaired) electrons. The molecule has 2 rings (SSSR count). The van der Waals surface area contributed by atoms with Crippen molar-refractivity contribution in [2.24, 2.45) is 0 Å². The lowest BCUT2D eigenvalue weighted by molar-refractivity contribution is 0.407. The highest BCUT2D eigenvalue weighted by Gasteiger charge is 2.25. The molecule has 1 aromatic carbocycles. The van der Waals surface area contributed by atoms with E-state index in [1.54, 1.807) is 10.4 Å². The average molecular weight is 309 g/mol. The molecule has 0 saturated heterocycles. The third-order valence-electron chi connectivity index (χ3n) is 2.98. The van der Waals surface area contributed by atoms with Gasteiger partial charge in [-0.2, -0.15) is 4.31 Å². The van der Waals surface area contributed by atoms with Gasteiger partial charge in [0.2, 0.25) is 0 Å². The van der Waals surface area contributed by atoms with Crippen LogP contribution in [-0.2, 0) is 16.6 Å². The van der Waals surface area contributed by atoms with Gasteiger partial charge < -0.3 is 0 Å². The van der Waals surface area contributed by atoms with E-state index in [0.717, 1.165) is 16.9 Å². The second-order valence-electron chi connectivity index (χ2n) is 4.69. The Bertz CT molecular complexity index is 648. The molecule has 0 amide bonds. The molecule has 0 spiro atoms. The largest absolute Gasteiger partial charge is 0.252 e. The Hall–Kier alpha value is -1.17. The van der Waals surface area contributed by atoms with E-state index in [2.05, 4.69) is 0 Å². The standard InChI is InChI=1S/C15H19NO2S2/c1-3-11-16(12-14-7-5-4-6-8-14)20(17,18)15-10-9-13(2)19-15/h4-10H,3,11-12H2,1-2H3. The van der Waals surface area contributed by atoms with Crippen molar-refractivity contribution in [3.8, 4) is 0 Å². The fraction of sp³-hybridized carbons (Fsp3) is 0.333. The van der Waals surface area contributed by atoms with Gasteiger partial charge >= 0.3 is 0 Å². The SMILES string of the molecule is CCCN(Cc1ccccc1)S(=O)(=O)c1ccc(C)s1. The van der Waals surface area contributed by atoms with Crippen LogP contribution >= 0.6 is 11.3 Å². The maximum absolute atomic E-state index is 12.7. The van der Waals surface area contributed by atoms with Crippen molar-refractivity contribution in [3.05, 3.63) is 52.9 Å². The molecule has 2 aromatic rings. The maximum Gasteiger partial charge on any atom is 0.252 e. The third kappa shape index (κ3) is 3.48. The molecule has 1 aromatic heterocycles. The molecular weight excluding hydrogens is 290 g/mol. The summed E-state index contributed by atoms with van der Waals surface area (Å²) in [6.45, 7) is 4.88. The molecule has 20 heavy (non-hydrogen) atoms. The number of benzene rings is 1. The lowest BCUT2D eigenvalue weighted by Gasteiger charge is -2.20. The summed E-state index contributed by atoms with van der Waals surface area (Å²) >= 11 is 1.33. The van der Waals surface area contributed by atoms with Gasteiger partial charge in [0.05, 0.1) is 0 Å². The van der Waals surface area contributed by atoms with Crippen LogP contribution in [0, 0.1) is 6.92 Å². The van der Waals surface area contributed by atoms with Crippen molar-refractivity contribution >= 4 is 21.4 Å². The highest BCUT2D eigenvalue weighted by atomic mass is 32.2. The molecule has 0 N–H and O–H groups in total. The first kappa shape index (κ1) is 15.2. The summed E-state index contributed by atoms with van der Waals surface area (Å²) in [6.07, 6.45) is 0.802. The second kappa shape index (κ2) is 6.52. The first-order chi connectivity index (χ1) is 9.54. The minimum absolute atomic E-state index is 0.425. The molecule has 0 atom stereocenters.